The number of rotatable bonds is 5. The molecule has 1 aromatic heterocycles. The molecule has 138 valence electrons. The highest BCUT2D eigenvalue weighted by molar-refractivity contribution is 6.31. The lowest BCUT2D eigenvalue weighted by atomic mass is 10.2. The van der Waals surface area contributed by atoms with Gasteiger partial charge in [0.05, 0.1) is 6.54 Å². The Hall–Kier alpha value is -2.83. The smallest absolute Gasteiger partial charge is 0.325 e. The largest absolute Gasteiger partial charge is 0.331 e. The molecule has 0 spiro atoms. The van der Waals surface area contributed by atoms with Gasteiger partial charge in [0.25, 0.3) is 5.56 Å². The maximum atomic E-state index is 12.6. The molecule has 3 rings (SSSR count). The standard InChI is InChI=1S/C19H15Cl2N3O3/c20-14-5-7-15(8-6-14)22-17(25)12-24-18(26)9-10-23(19(24)27)11-13-3-1-2-4-16(13)21/h1-10H,11-12H2,(H,22,25). The zero-order chi connectivity index (χ0) is 19.4. The number of benzene rings is 2. The van der Waals surface area contributed by atoms with E-state index in [4.69, 9.17) is 23.2 Å². The Kier molecular flexibility index (Phi) is 5.78. The van der Waals surface area contributed by atoms with E-state index >= 15 is 0 Å². The Morgan fingerprint density at radius 2 is 1.67 bits per heavy atom. The number of carbonyl (C=O) groups is 1. The average Bonchev–Trinajstić information content (AvgIpc) is 2.64. The van der Waals surface area contributed by atoms with Crippen LogP contribution in [0.2, 0.25) is 10.0 Å². The highest BCUT2D eigenvalue weighted by atomic mass is 35.5. The van der Waals surface area contributed by atoms with Gasteiger partial charge < -0.3 is 5.32 Å². The highest BCUT2D eigenvalue weighted by Gasteiger charge is 2.11. The van der Waals surface area contributed by atoms with Crippen molar-refractivity contribution in [2.75, 3.05) is 5.32 Å². The van der Waals surface area contributed by atoms with E-state index in [1.54, 1.807) is 42.5 Å². The third-order valence-electron chi connectivity index (χ3n) is 3.87. The second-order valence-electron chi connectivity index (χ2n) is 5.80. The Balaban J connectivity index is 1.82. The molecule has 0 atom stereocenters. The molecule has 2 aromatic carbocycles. The molecule has 1 N–H and O–H groups in total. The van der Waals surface area contributed by atoms with Gasteiger partial charge in [0.15, 0.2) is 0 Å². The lowest BCUT2D eigenvalue weighted by molar-refractivity contribution is -0.116. The topological polar surface area (TPSA) is 73.1 Å². The summed E-state index contributed by atoms with van der Waals surface area (Å²) < 4.78 is 2.21. The lowest BCUT2D eigenvalue weighted by Gasteiger charge is -2.11. The number of anilines is 1. The Bertz CT molecular complexity index is 1090. The van der Waals surface area contributed by atoms with E-state index in [9.17, 15) is 14.4 Å². The first-order valence-corrected chi connectivity index (χ1v) is 8.79. The summed E-state index contributed by atoms with van der Waals surface area (Å²) in [4.78, 5) is 36.9. The molecule has 0 saturated heterocycles. The first-order chi connectivity index (χ1) is 12.9. The molecule has 0 aliphatic rings. The monoisotopic (exact) mass is 403 g/mol. The molecule has 0 saturated carbocycles. The van der Waals surface area contributed by atoms with Gasteiger partial charge in [0.2, 0.25) is 5.91 Å². The van der Waals surface area contributed by atoms with Gasteiger partial charge in [0.1, 0.15) is 6.54 Å². The van der Waals surface area contributed by atoms with Crippen LogP contribution in [0.25, 0.3) is 0 Å². The van der Waals surface area contributed by atoms with E-state index in [-0.39, 0.29) is 6.54 Å². The fourth-order valence-corrected chi connectivity index (χ4v) is 2.83. The predicted molar refractivity (Wildman–Crippen MR) is 106 cm³/mol. The second kappa shape index (κ2) is 8.24. The van der Waals surface area contributed by atoms with E-state index in [1.165, 1.54) is 16.8 Å². The molecule has 0 bridgehead atoms. The fourth-order valence-electron chi connectivity index (χ4n) is 2.51. The van der Waals surface area contributed by atoms with E-state index in [2.05, 4.69) is 5.32 Å². The van der Waals surface area contributed by atoms with Crippen molar-refractivity contribution in [3.05, 3.63) is 97.2 Å². The molecule has 8 heteroatoms. The molecule has 0 unspecified atom stereocenters. The molecule has 0 aliphatic carbocycles. The van der Waals surface area contributed by atoms with Crippen molar-refractivity contribution in [2.45, 2.75) is 13.1 Å². The van der Waals surface area contributed by atoms with Crippen LogP contribution in [0.3, 0.4) is 0 Å². The first kappa shape index (κ1) is 18.9. The van der Waals surface area contributed by atoms with Gasteiger partial charge in [-0.25, -0.2) is 4.79 Å². The number of hydrogen-bond donors (Lipinski definition) is 1. The summed E-state index contributed by atoms with van der Waals surface area (Å²) in [5.74, 6) is -0.494. The third kappa shape index (κ3) is 4.67. The van der Waals surface area contributed by atoms with Crippen LogP contribution in [0, 0.1) is 0 Å². The number of nitrogens with zero attached hydrogens (tertiary/aromatic N) is 2. The maximum absolute atomic E-state index is 12.6. The lowest BCUT2D eigenvalue weighted by Crippen LogP contribution is -2.41. The predicted octanol–water partition coefficient (Wildman–Crippen LogP) is 3.00. The number of hydrogen-bond acceptors (Lipinski definition) is 3. The van der Waals surface area contributed by atoms with Crippen molar-refractivity contribution >= 4 is 34.8 Å². The maximum Gasteiger partial charge on any atom is 0.331 e. The quantitative estimate of drug-likeness (QED) is 0.711. The minimum atomic E-state index is -0.589. The molecule has 1 amide bonds. The van der Waals surface area contributed by atoms with Gasteiger partial charge in [0, 0.05) is 28.0 Å². The van der Waals surface area contributed by atoms with Crippen LogP contribution in [0.4, 0.5) is 5.69 Å². The molecule has 0 aliphatic heterocycles. The zero-order valence-corrected chi connectivity index (χ0v) is 15.6. The van der Waals surface area contributed by atoms with Crippen molar-refractivity contribution in [3.63, 3.8) is 0 Å². The normalized spacial score (nSPS) is 10.6. The van der Waals surface area contributed by atoms with Crippen LogP contribution in [0.1, 0.15) is 5.56 Å². The van der Waals surface area contributed by atoms with Gasteiger partial charge in [-0.15, -0.1) is 0 Å². The van der Waals surface area contributed by atoms with Gasteiger partial charge in [-0.05, 0) is 35.9 Å². The van der Waals surface area contributed by atoms with Gasteiger partial charge >= 0.3 is 5.69 Å². The molecule has 27 heavy (non-hydrogen) atoms. The number of aromatic nitrogens is 2. The number of halogens is 2. The summed E-state index contributed by atoms with van der Waals surface area (Å²) in [6.45, 7) is -0.207. The Labute approximate surface area is 164 Å². The molecule has 6 nitrogen and oxygen atoms in total. The minimum Gasteiger partial charge on any atom is -0.325 e. The fraction of sp³-hybridized carbons (Fsp3) is 0.105. The molecular formula is C19H15Cl2N3O3. The molecule has 1 heterocycles. The summed E-state index contributed by atoms with van der Waals surface area (Å²) in [6.07, 6.45) is 1.39. The van der Waals surface area contributed by atoms with Crippen LogP contribution in [0.15, 0.2) is 70.4 Å². The van der Waals surface area contributed by atoms with Crippen molar-refractivity contribution in [1.82, 2.24) is 9.13 Å². The van der Waals surface area contributed by atoms with E-state index < -0.39 is 23.7 Å². The third-order valence-corrected chi connectivity index (χ3v) is 4.49. The van der Waals surface area contributed by atoms with E-state index in [0.29, 0.717) is 15.7 Å². The van der Waals surface area contributed by atoms with E-state index in [0.717, 1.165) is 10.1 Å². The minimum absolute atomic E-state index is 0.192. The SMILES string of the molecule is O=C(Cn1c(=O)ccn(Cc2ccccc2Cl)c1=O)Nc1ccc(Cl)cc1. The van der Waals surface area contributed by atoms with E-state index in [1.807, 2.05) is 6.07 Å². The van der Waals surface area contributed by atoms with Crippen molar-refractivity contribution < 1.29 is 4.79 Å². The highest BCUT2D eigenvalue weighted by Crippen LogP contribution is 2.15. The average molecular weight is 404 g/mol. The summed E-state index contributed by atoms with van der Waals surface area (Å²) >= 11 is 11.9. The van der Waals surface area contributed by atoms with Crippen LogP contribution in [0.5, 0.6) is 0 Å². The molecule has 0 fully saturated rings. The van der Waals surface area contributed by atoms with Gasteiger partial charge in [-0.2, -0.15) is 0 Å². The molecule has 0 radical (unpaired) electrons. The summed E-state index contributed by atoms with van der Waals surface area (Å²) in [6, 6.07) is 14.9. The summed E-state index contributed by atoms with van der Waals surface area (Å²) in [7, 11) is 0. The first-order valence-electron chi connectivity index (χ1n) is 8.03. The van der Waals surface area contributed by atoms with Crippen LogP contribution < -0.4 is 16.6 Å². The second-order valence-corrected chi connectivity index (χ2v) is 6.64. The van der Waals surface area contributed by atoms with Crippen molar-refractivity contribution in [1.29, 1.82) is 0 Å². The van der Waals surface area contributed by atoms with Crippen LogP contribution in [-0.4, -0.2) is 15.0 Å². The van der Waals surface area contributed by atoms with Crippen LogP contribution in [-0.2, 0) is 17.9 Å². The van der Waals surface area contributed by atoms with Gasteiger partial charge in [-0.1, -0.05) is 41.4 Å². The van der Waals surface area contributed by atoms with Crippen molar-refractivity contribution in [3.8, 4) is 0 Å². The Morgan fingerprint density at radius 3 is 2.37 bits per heavy atom. The van der Waals surface area contributed by atoms with Gasteiger partial charge in [-0.3, -0.25) is 18.7 Å². The zero-order valence-electron chi connectivity index (χ0n) is 14.1. The molecule has 3 aromatic rings. The Morgan fingerprint density at radius 1 is 0.963 bits per heavy atom. The number of amides is 1. The summed E-state index contributed by atoms with van der Waals surface area (Å²) in [5, 5.41) is 3.68. The molecular weight excluding hydrogens is 389 g/mol. The van der Waals surface area contributed by atoms with Crippen LogP contribution >= 0.6 is 23.2 Å². The number of nitrogens with one attached hydrogen (secondary N) is 1. The number of carbonyl (C=O) groups excluding carboxylic acids is 1. The van der Waals surface area contributed by atoms with Crippen molar-refractivity contribution in [2.24, 2.45) is 0 Å². The summed E-state index contributed by atoms with van der Waals surface area (Å²) in [5.41, 5.74) is 0.109.